The van der Waals surface area contributed by atoms with Crippen molar-refractivity contribution in [3.63, 3.8) is 0 Å². The van der Waals surface area contributed by atoms with E-state index in [2.05, 4.69) is 14.9 Å². The van der Waals surface area contributed by atoms with Crippen molar-refractivity contribution in [3.05, 3.63) is 12.4 Å². The standard InChI is InChI=1S/C9H18N4O2S/c1-3-9(2,4-5-10)13-16(14,15)8-6-11-12-7-8/h6-7,13H,3-5,10H2,1-2H3,(H,11,12). The Bertz CT molecular complexity index is 415. The fourth-order valence-electron chi connectivity index (χ4n) is 1.39. The molecular weight excluding hydrogens is 228 g/mol. The lowest BCUT2D eigenvalue weighted by molar-refractivity contribution is 0.379. The molecule has 0 spiro atoms. The molecule has 0 aliphatic carbocycles. The van der Waals surface area contributed by atoms with Crippen molar-refractivity contribution in [1.82, 2.24) is 14.9 Å². The number of sulfonamides is 1. The molecule has 1 rings (SSSR count). The van der Waals surface area contributed by atoms with Gasteiger partial charge in [0.25, 0.3) is 0 Å². The number of H-pyrrole nitrogens is 1. The number of rotatable bonds is 6. The molecule has 1 aromatic heterocycles. The molecule has 0 amide bonds. The maximum atomic E-state index is 11.9. The fraction of sp³-hybridized carbons (Fsp3) is 0.667. The average Bonchev–Trinajstić information content (AvgIpc) is 2.70. The van der Waals surface area contributed by atoms with Crippen molar-refractivity contribution in [2.24, 2.45) is 5.73 Å². The summed E-state index contributed by atoms with van der Waals surface area (Å²) in [5, 5.41) is 6.10. The number of hydrogen-bond acceptors (Lipinski definition) is 4. The van der Waals surface area contributed by atoms with Crippen LogP contribution in [0.4, 0.5) is 0 Å². The zero-order valence-electron chi connectivity index (χ0n) is 9.53. The SMILES string of the molecule is CCC(C)(CCN)NS(=O)(=O)c1cn[nH]c1. The minimum Gasteiger partial charge on any atom is -0.330 e. The molecule has 1 unspecified atom stereocenters. The average molecular weight is 246 g/mol. The molecule has 0 aliphatic heterocycles. The van der Waals surface area contributed by atoms with Gasteiger partial charge in [-0.3, -0.25) is 5.10 Å². The topological polar surface area (TPSA) is 101 Å². The highest BCUT2D eigenvalue weighted by Crippen LogP contribution is 2.17. The van der Waals surface area contributed by atoms with Crippen molar-refractivity contribution in [2.45, 2.75) is 37.1 Å². The van der Waals surface area contributed by atoms with Gasteiger partial charge in [0.15, 0.2) is 0 Å². The number of aromatic nitrogens is 2. The second kappa shape index (κ2) is 4.94. The Kier molecular flexibility index (Phi) is 4.06. The summed E-state index contributed by atoms with van der Waals surface area (Å²) in [6, 6.07) is 0. The van der Waals surface area contributed by atoms with Gasteiger partial charge in [0.2, 0.25) is 10.0 Å². The van der Waals surface area contributed by atoms with E-state index in [0.29, 0.717) is 19.4 Å². The summed E-state index contributed by atoms with van der Waals surface area (Å²) >= 11 is 0. The zero-order chi connectivity index (χ0) is 12.2. The fourth-order valence-corrected chi connectivity index (χ4v) is 2.80. The smallest absolute Gasteiger partial charge is 0.244 e. The van der Waals surface area contributed by atoms with Gasteiger partial charge in [0, 0.05) is 11.7 Å². The summed E-state index contributed by atoms with van der Waals surface area (Å²) in [7, 11) is -3.51. The Morgan fingerprint density at radius 3 is 2.75 bits per heavy atom. The first-order chi connectivity index (χ1) is 7.43. The molecule has 0 aliphatic rings. The van der Waals surface area contributed by atoms with E-state index in [1.165, 1.54) is 12.4 Å². The molecule has 0 radical (unpaired) electrons. The zero-order valence-corrected chi connectivity index (χ0v) is 10.3. The van der Waals surface area contributed by atoms with Gasteiger partial charge in [-0.25, -0.2) is 13.1 Å². The van der Waals surface area contributed by atoms with Gasteiger partial charge in [-0.15, -0.1) is 0 Å². The third-order valence-electron chi connectivity index (χ3n) is 2.64. The predicted molar refractivity (Wildman–Crippen MR) is 61.3 cm³/mol. The Labute approximate surface area is 95.7 Å². The first-order valence-corrected chi connectivity index (χ1v) is 6.65. The van der Waals surface area contributed by atoms with Crippen LogP contribution in [0.2, 0.25) is 0 Å². The molecule has 6 nitrogen and oxygen atoms in total. The van der Waals surface area contributed by atoms with Crippen LogP contribution < -0.4 is 10.5 Å². The third kappa shape index (κ3) is 3.03. The van der Waals surface area contributed by atoms with E-state index in [4.69, 9.17) is 5.73 Å². The van der Waals surface area contributed by atoms with Crippen LogP contribution in [0.15, 0.2) is 17.3 Å². The number of nitrogens with zero attached hydrogens (tertiary/aromatic N) is 1. The van der Waals surface area contributed by atoms with Crippen molar-refractivity contribution < 1.29 is 8.42 Å². The van der Waals surface area contributed by atoms with Crippen molar-refractivity contribution in [1.29, 1.82) is 0 Å². The Hall–Kier alpha value is -0.920. The molecule has 16 heavy (non-hydrogen) atoms. The quantitative estimate of drug-likeness (QED) is 0.667. The summed E-state index contributed by atoms with van der Waals surface area (Å²) in [6.45, 7) is 4.21. The number of aromatic amines is 1. The maximum Gasteiger partial charge on any atom is 0.244 e. The third-order valence-corrected chi connectivity index (χ3v) is 4.25. The summed E-state index contributed by atoms with van der Waals surface area (Å²) in [4.78, 5) is 0.143. The van der Waals surface area contributed by atoms with Crippen LogP contribution in [0, 0.1) is 0 Å². The van der Waals surface area contributed by atoms with Gasteiger partial charge in [0.05, 0.1) is 6.20 Å². The molecule has 7 heteroatoms. The predicted octanol–water partition coefficient (Wildman–Crippen LogP) is 0.206. The first kappa shape index (κ1) is 13.1. The molecule has 0 aromatic carbocycles. The lowest BCUT2D eigenvalue weighted by Gasteiger charge is -2.28. The molecular formula is C9H18N4O2S. The van der Waals surface area contributed by atoms with E-state index >= 15 is 0 Å². The molecule has 0 bridgehead atoms. The summed E-state index contributed by atoms with van der Waals surface area (Å²) in [5.74, 6) is 0. The summed E-state index contributed by atoms with van der Waals surface area (Å²) in [5.41, 5.74) is 4.97. The molecule has 0 saturated heterocycles. The Balaban J connectivity index is 2.87. The molecule has 1 aromatic rings. The van der Waals surface area contributed by atoms with E-state index in [1.54, 1.807) is 0 Å². The van der Waals surface area contributed by atoms with Gasteiger partial charge < -0.3 is 5.73 Å². The van der Waals surface area contributed by atoms with E-state index in [9.17, 15) is 8.42 Å². The molecule has 0 fully saturated rings. The highest BCUT2D eigenvalue weighted by atomic mass is 32.2. The van der Waals surface area contributed by atoms with Crippen LogP contribution in [-0.2, 0) is 10.0 Å². The highest BCUT2D eigenvalue weighted by Gasteiger charge is 2.28. The van der Waals surface area contributed by atoms with Crippen LogP contribution in [0.1, 0.15) is 26.7 Å². The van der Waals surface area contributed by atoms with Gasteiger partial charge in [0.1, 0.15) is 4.90 Å². The first-order valence-electron chi connectivity index (χ1n) is 5.16. The van der Waals surface area contributed by atoms with Crippen LogP contribution >= 0.6 is 0 Å². The molecule has 1 heterocycles. The van der Waals surface area contributed by atoms with Crippen molar-refractivity contribution in [2.75, 3.05) is 6.54 Å². The molecule has 0 saturated carbocycles. The van der Waals surface area contributed by atoms with Crippen molar-refractivity contribution >= 4 is 10.0 Å². The van der Waals surface area contributed by atoms with E-state index in [-0.39, 0.29) is 4.90 Å². The van der Waals surface area contributed by atoms with Crippen LogP contribution in [-0.4, -0.2) is 30.7 Å². The summed E-state index contributed by atoms with van der Waals surface area (Å²) in [6.07, 6.45) is 3.91. The van der Waals surface area contributed by atoms with E-state index < -0.39 is 15.6 Å². The van der Waals surface area contributed by atoms with E-state index in [0.717, 1.165) is 0 Å². The van der Waals surface area contributed by atoms with Gasteiger partial charge in [-0.05, 0) is 26.3 Å². The largest absolute Gasteiger partial charge is 0.330 e. The minimum absolute atomic E-state index is 0.143. The van der Waals surface area contributed by atoms with Crippen LogP contribution in [0.5, 0.6) is 0 Å². The number of nitrogens with two attached hydrogens (primary N) is 1. The van der Waals surface area contributed by atoms with Crippen LogP contribution in [0.3, 0.4) is 0 Å². The van der Waals surface area contributed by atoms with Crippen molar-refractivity contribution in [3.8, 4) is 0 Å². The molecule has 1 atom stereocenters. The van der Waals surface area contributed by atoms with Gasteiger partial charge >= 0.3 is 0 Å². The van der Waals surface area contributed by atoms with Crippen LogP contribution in [0.25, 0.3) is 0 Å². The second-order valence-corrected chi connectivity index (χ2v) is 5.67. The second-order valence-electron chi connectivity index (χ2n) is 3.99. The van der Waals surface area contributed by atoms with Gasteiger partial charge in [-0.2, -0.15) is 5.10 Å². The number of nitrogens with one attached hydrogen (secondary N) is 2. The highest BCUT2D eigenvalue weighted by molar-refractivity contribution is 7.89. The van der Waals surface area contributed by atoms with Gasteiger partial charge in [-0.1, -0.05) is 6.92 Å². The van der Waals surface area contributed by atoms with E-state index in [1.807, 2.05) is 13.8 Å². The molecule has 92 valence electrons. The monoisotopic (exact) mass is 246 g/mol. The Morgan fingerprint density at radius 1 is 1.62 bits per heavy atom. The molecule has 4 N–H and O–H groups in total. The normalized spacial score (nSPS) is 15.9. The lowest BCUT2D eigenvalue weighted by atomic mass is 9.96. The lowest BCUT2D eigenvalue weighted by Crippen LogP contribution is -2.46. The maximum absolute atomic E-state index is 11.9. The summed E-state index contributed by atoms with van der Waals surface area (Å²) < 4.78 is 26.5. The minimum atomic E-state index is -3.51. The Morgan fingerprint density at radius 2 is 2.31 bits per heavy atom. The number of hydrogen-bond donors (Lipinski definition) is 3.